The van der Waals surface area contributed by atoms with Gasteiger partial charge in [0.25, 0.3) is 0 Å². The van der Waals surface area contributed by atoms with Gasteiger partial charge in [0, 0.05) is 13.1 Å². The van der Waals surface area contributed by atoms with Gasteiger partial charge in [0.05, 0.1) is 19.1 Å². The molecule has 0 aliphatic carbocycles. The summed E-state index contributed by atoms with van der Waals surface area (Å²) in [7, 11) is 0. The lowest BCUT2D eigenvalue weighted by molar-refractivity contribution is -0.132. The van der Waals surface area contributed by atoms with Gasteiger partial charge in [0.15, 0.2) is 0 Å². The van der Waals surface area contributed by atoms with Crippen LogP contribution in [0.25, 0.3) is 0 Å². The summed E-state index contributed by atoms with van der Waals surface area (Å²) in [5.41, 5.74) is 1.000. The topological polar surface area (TPSA) is 49.8 Å². The SMILES string of the molecule is CCOc1ccc(CC(=O)N2CCC(O)CC2)cc1. The third-order valence-corrected chi connectivity index (χ3v) is 3.41. The monoisotopic (exact) mass is 263 g/mol. The first kappa shape index (κ1) is 13.9. The number of hydrogen-bond donors (Lipinski definition) is 1. The Balaban J connectivity index is 1.88. The second kappa shape index (κ2) is 6.57. The Morgan fingerprint density at radius 1 is 1.32 bits per heavy atom. The van der Waals surface area contributed by atoms with Crippen LogP contribution in [-0.2, 0) is 11.2 Å². The maximum atomic E-state index is 12.1. The number of hydrogen-bond acceptors (Lipinski definition) is 3. The number of aliphatic hydroxyl groups is 1. The lowest BCUT2D eigenvalue weighted by Gasteiger charge is -2.29. The van der Waals surface area contributed by atoms with Crippen molar-refractivity contribution in [2.45, 2.75) is 32.3 Å². The van der Waals surface area contributed by atoms with E-state index in [2.05, 4.69) is 0 Å². The van der Waals surface area contributed by atoms with Crippen molar-refractivity contribution in [1.82, 2.24) is 4.90 Å². The molecule has 0 aromatic heterocycles. The van der Waals surface area contributed by atoms with E-state index in [9.17, 15) is 9.90 Å². The summed E-state index contributed by atoms with van der Waals surface area (Å²) in [6.45, 7) is 3.92. The number of rotatable bonds is 4. The largest absolute Gasteiger partial charge is 0.494 e. The zero-order chi connectivity index (χ0) is 13.7. The lowest BCUT2D eigenvalue weighted by atomic mass is 10.1. The van der Waals surface area contributed by atoms with Crippen LogP contribution in [0.15, 0.2) is 24.3 Å². The lowest BCUT2D eigenvalue weighted by Crippen LogP contribution is -2.40. The molecule has 0 unspecified atom stereocenters. The van der Waals surface area contributed by atoms with Gasteiger partial charge in [-0.25, -0.2) is 0 Å². The van der Waals surface area contributed by atoms with Crippen LogP contribution in [0.5, 0.6) is 5.75 Å². The summed E-state index contributed by atoms with van der Waals surface area (Å²) in [6.07, 6.45) is 1.56. The highest BCUT2D eigenvalue weighted by Crippen LogP contribution is 2.15. The highest BCUT2D eigenvalue weighted by molar-refractivity contribution is 5.78. The van der Waals surface area contributed by atoms with Gasteiger partial charge in [-0.15, -0.1) is 0 Å². The van der Waals surface area contributed by atoms with Crippen LogP contribution in [0.2, 0.25) is 0 Å². The van der Waals surface area contributed by atoms with Crippen LogP contribution < -0.4 is 4.74 Å². The number of carbonyl (C=O) groups excluding carboxylic acids is 1. The van der Waals surface area contributed by atoms with E-state index < -0.39 is 0 Å². The number of carbonyl (C=O) groups is 1. The van der Waals surface area contributed by atoms with Crippen LogP contribution >= 0.6 is 0 Å². The van der Waals surface area contributed by atoms with Crippen molar-refractivity contribution >= 4 is 5.91 Å². The highest BCUT2D eigenvalue weighted by Gasteiger charge is 2.21. The molecular weight excluding hydrogens is 242 g/mol. The molecule has 1 N–H and O–H groups in total. The van der Waals surface area contributed by atoms with Crippen molar-refractivity contribution in [3.8, 4) is 5.75 Å². The minimum atomic E-state index is -0.241. The number of amides is 1. The average molecular weight is 263 g/mol. The first-order valence-corrected chi connectivity index (χ1v) is 6.86. The smallest absolute Gasteiger partial charge is 0.226 e. The van der Waals surface area contributed by atoms with E-state index in [-0.39, 0.29) is 12.0 Å². The molecule has 0 bridgehead atoms. The molecule has 1 amide bonds. The van der Waals surface area contributed by atoms with Gasteiger partial charge >= 0.3 is 0 Å². The second-order valence-electron chi connectivity index (χ2n) is 4.87. The van der Waals surface area contributed by atoms with E-state index in [0.717, 1.165) is 11.3 Å². The van der Waals surface area contributed by atoms with Crippen molar-refractivity contribution in [3.63, 3.8) is 0 Å². The molecule has 1 aliphatic heterocycles. The van der Waals surface area contributed by atoms with E-state index in [0.29, 0.717) is 39.0 Å². The maximum Gasteiger partial charge on any atom is 0.226 e. The third kappa shape index (κ3) is 3.96. The van der Waals surface area contributed by atoms with Gasteiger partial charge in [-0.1, -0.05) is 12.1 Å². The Kier molecular flexibility index (Phi) is 4.80. The Morgan fingerprint density at radius 3 is 2.53 bits per heavy atom. The van der Waals surface area contributed by atoms with Gasteiger partial charge in [-0.3, -0.25) is 4.79 Å². The summed E-state index contributed by atoms with van der Waals surface area (Å²) >= 11 is 0. The van der Waals surface area contributed by atoms with Crippen molar-refractivity contribution in [1.29, 1.82) is 0 Å². The molecule has 0 atom stereocenters. The van der Waals surface area contributed by atoms with Crippen molar-refractivity contribution in [2.24, 2.45) is 0 Å². The minimum absolute atomic E-state index is 0.135. The normalized spacial score (nSPS) is 16.4. The van der Waals surface area contributed by atoms with Crippen LogP contribution in [0, 0.1) is 0 Å². The Hall–Kier alpha value is -1.55. The van der Waals surface area contributed by atoms with Crippen molar-refractivity contribution in [3.05, 3.63) is 29.8 Å². The molecule has 0 spiro atoms. The first-order chi connectivity index (χ1) is 9.19. The predicted octanol–water partition coefficient (Wildman–Crippen LogP) is 1.61. The number of likely N-dealkylation sites (tertiary alicyclic amines) is 1. The molecule has 1 fully saturated rings. The number of piperidine rings is 1. The van der Waals surface area contributed by atoms with Gasteiger partial charge in [-0.2, -0.15) is 0 Å². The van der Waals surface area contributed by atoms with Crippen LogP contribution in [0.4, 0.5) is 0 Å². The Bertz CT molecular complexity index is 408. The van der Waals surface area contributed by atoms with E-state index >= 15 is 0 Å². The molecule has 1 aromatic rings. The van der Waals surface area contributed by atoms with Gasteiger partial charge in [-0.05, 0) is 37.5 Å². The zero-order valence-corrected chi connectivity index (χ0v) is 11.3. The average Bonchev–Trinajstić information content (AvgIpc) is 2.42. The standard InChI is InChI=1S/C15H21NO3/c1-2-19-14-5-3-12(4-6-14)11-15(18)16-9-7-13(17)8-10-16/h3-6,13,17H,2,7-11H2,1H3. The summed E-state index contributed by atoms with van der Waals surface area (Å²) in [5.74, 6) is 0.968. The number of benzene rings is 1. The Morgan fingerprint density at radius 2 is 1.95 bits per heavy atom. The number of nitrogens with zero attached hydrogens (tertiary/aromatic N) is 1. The zero-order valence-electron chi connectivity index (χ0n) is 11.3. The van der Waals surface area contributed by atoms with Gasteiger partial charge < -0.3 is 14.7 Å². The molecule has 1 heterocycles. The fraction of sp³-hybridized carbons (Fsp3) is 0.533. The van der Waals surface area contributed by atoms with Crippen LogP contribution in [0.3, 0.4) is 0 Å². The highest BCUT2D eigenvalue weighted by atomic mass is 16.5. The minimum Gasteiger partial charge on any atom is -0.494 e. The molecule has 19 heavy (non-hydrogen) atoms. The number of ether oxygens (including phenoxy) is 1. The fourth-order valence-corrected chi connectivity index (χ4v) is 2.27. The molecule has 1 saturated heterocycles. The molecule has 4 heteroatoms. The molecule has 1 aliphatic rings. The van der Waals surface area contributed by atoms with E-state index in [4.69, 9.17) is 4.74 Å². The first-order valence-electron chi connectivity index (χ1n) is 6.86. The van der Waals surface area contributed by atoms with Crippen LogP contribution in [-0.4, -0.2) is 41.7 Å². The van der Waals surface area contributed by atoms with Crippen LogP contribution in [0.1, 0.15) is 25.3 Å². The number of aliphatic hydroxyl groups excluding tert-OH is 1. The molecule has 104 valence electrons. The van der Waals surface area contributed by atoms with E-state index in [1.807, 2.05) is 36.1 Å². The van der Waals surface area contributed by atoms with E-state index in [1.165, 1.54) is 0 Å². The van der Waals surface area contributed by atoms with Crippen molar-refractivity contribution in [2.75, 3.05) is 19.7 Å². The summed E-state index contributed by atoms with van der Waals surface area (Å²) in [5, 5.41) is 9.43. The molecule has 4 nitrogen and oxygen atoms in total. The summed E-state index contributed by atoms with van der Waals surface area (Å²) < 4.78 is 5.37. The third-order valence-electron chi connectivity index (χ3n) is 3.41. The summed E-state index contributed by atoms with van der Waals surface area (Å²) in [4.78, 5) is 13.9. The molecule has 0 saturated carbocycles. The molecule has 0 radical (unpaired) electrons. The molecule has 2 rings (SSSR count). The predicted molar refractivity (Wildman–Crippen MR) is 73.1 cm³/mol. The van der Waals surface area contributed by atoms with E-state index in [1.54, 1.807) is 0 Å². The van der Waals surface area contributed by atoms with Gasteiger partial charge in [0.2, 0.25) is 5.91 Å². The molecular formula is C15H21NO3. The quantitative estimate of drug-likeness (QED) is 0.898. The van der Waals surface area contributed by atoms with Gasteiger partial charge in [0.1, 0.15) is 5.75 Å². The second-order valence-corrected chi connectivity index (χ2v) is 4.87. The summed E-state index contributed by atoms with van der Waals surface area (Å²) in [6, 6.07) is 7.65. The maximum absolute atomic E-state index is 12.1. The molecule has 1 aromatic carbocycles. The Labute approximate surface area is 114 Å². The van der Waals surface area contributed by atoms with Crippen molar-refractivity contribution < 1.29 is 14.6 Å². The fourth-order valence-electron chi connectivity index (χ4n) is 2.27.